The van der Waals surface area contributed by atoms with Crippen molar-refractivity contribution in [3.63, 3.8) is 0 Å². The van der Waals surface area contributed by atoms with Gasteiger partial charge in [0.1, 0.15) is 0 Å². The van der Waals surface area contributed by atoms with Crippen LogP contribution in [-0.2, 0) is 0 Å². The fourth-order valence-corrected chi connectivity index (χ4v) is 3.52. The maximum atomic E-state index is 11.6. The Balaban J connectivity index is 2.02. The van der Waals surface area contributed by atoms with Crippen molar-refractivity contribution in [2.24, 2.45) is 0 Å². The number of aldehydes is 1. The van der Waals surface area contributed by atoms with E-state index in [2.05, 4.69) is 37.0 Å². The predicted molar refractivity (Wildman–Crippen MR) is 90.4 cm³/mol. The Bertz CT molecular complexity index is 684. The summed E-state index contributed by atoms with van der Waals surface area (Å²) in [6, 6.07) is 6.41. The second-order valence-corrected chi connectivity index (χ2v) is 6.43. The summed E-state index contributed by atoms with van der Waals surface area (Å²) in [6.07, 6.45) is 11.2. The van der Waals surface area contributed by atoms with Crippen LogP contribution in [0.3, 0.4) is 0 Å². The topological polar surface area (TPSA) is 30.0 Å². The molecule has 1 aliphatic rings. The normalized spacial score (nSPS) is 15.7. The molecular weight excluding hydrogens is 270 g/mol. The quantitative estimate of drug-likeness (QED) is 0.726. The van der Waals surface area contributed by atoms with E-state index >= 15 is 0 Å². The zero-order valence-electron chi connectivity index (χ0n) is 13.4. The summed E-state index contributed by atoms with van der Waals surface area (Å²) in [6.45, 7) is 4.15. The van der Waals surface area contributed by atoms with E-state index in [9.17, 15) is 4.79 Å². The first-order chi connectivity index (χ1) is 10.7. The summed E-state index contributed by atoms with van der Waals surface area (Å²) < 4.78 is 0. The standard InChI is InChI=1S/C20H23NO/c1-14-11-21-12-20(15(14)2)19-9-8-17(10-18(19)13-22)16-6-4-3-5-7-16/h8-13,16H,3-7H2,1-2H3. The lowest BCUT2D eigenvalue weighted by molar-refractivity contribution is 0.112. The zero-order valence-corrected chi connectivity index (χ0v) is 13.4. The molecule has 0 saturated heterocycles. The maximum Gasteiger partial charge on any atom is 0.150 e. The molecule has 1 aromatic heterocycles. The molecule has 1 saturated carbocycles. The Morgan fingerprint density at radius 2 is 1.82 bits per heavy atom. The van der Waals surface area contributed by atoms with Gasteiger partial charge in [-0.2, -0.15) is 0 Å². The van der Waals surface area contributed by atoms with Crippen LogP contribution in [-0.4, -0.2) is 11.3 Å². The Kier molecular flexibility index (Phi) is 4.37. The van der Waals surface area contributed by atoms with Crippen molar-refractivity contribution in [2.75, 3.05) is 0 Å². The average molecular weight is 293 g/mol. The lowest BCUT2D eigenvalue weighted by Crippen LogP contribution is -2.05. The van der Waals surface area contributed by atoms with Gasteiger partial charge < -0.3 is 0 Å². The molecule has 0 spiro atoms. The number of hydrogen-bond acceptors (Lipinski definition) is 2. The molecule has 1 aliphatic carbocycles. The number of aromatic nitrogens is 1. The van der Waals surface area contributed by atoms with E-state index in [1.807, 2.05) is 12.4 Å². The molecule has 2 aromatic rings. The molecule has 0 bridgehead atoms. The Morgan fingerprint density at radius 1 is 1.05 bits per heavy atom. The molecule has 0 aliphatic heterocycles. The lowest BCUT2D eigenvalue weighted by Gasteiger charge is -2.23. The van der Waals surface area contributed by atoms with Gasteiger partial charge in [-0.1, -0.05) is 31.4 Å². The van der Waals surface area contributed by atoms with Crippen LogP contribution in [0.15, 0.2) is 30.6 Å². The molecule has 0 N–H and O–H groups in total. The van der Waals surface area contributed by atoms with Gasteiger partial charge in [0.2, 0.25) is 0 Å². The van der Waals surface area contributed by atoms with Crippen LogP contribution in [0.4, 0.5) is 0 Å². The van der Waals surface area contributed by atoms with Crippen LogP contribution < -0.4 is 0 Å². The maximum absolute atomic E-state index is 11.6. The Labute approximate surface area is 132 Å². The molecule has 1 aromatic carbocycles. The highest BCUT2D eigenvalue weighted by molar-refractivity contribution is 5.88. The average Bonchev–Trinajstić information content (AvgIpc) is 2.58. The summed E-state index contributed by atoms with van der Waals surface area (Å²) in [5.74, 6) is 0.623. The van der Waals surface area contributed by atoms with Crippen LogP contribution in [0, 0.1) is 13.8 Å². The van der Waals surface area contributed by atoms with Crippen molar-refractivity contribution >= 4 is 6.29 Å². The summed E-state index contributed by atoms with van der Waals surface area (Å²) in [5.41, 5.74) is 6.54. The second-order valence-electron chi connectivity index (χ2n) is 6.43. The molecule has 0 atom stereocenters. The third kappa shape index (κ3) is 2.83. The Hall–Kier alpha value is -1.96. The molecular formula is C20H23NO. The van der Waals surface area contributed by atoms with Crippen molar-refractivity contribution in [1.82, 2.24) is 4.98 Å². The number of hydrogen-bond donors (Lipinski definition) is 0. The molecule has 1 heterocycles. The lowest BCUT2D eigenvalue weighted by atomic mass is 9.82. The second kappa shape index (κ2) is 6.43. The minimum Gasteiger partial charge on any atom is -0.298 e. The first-order valence-electron chi connectivity index (χ1n) is 8.21. The fraction of sp³-hybridized carbons (Fsp3) is 0.400. The van der Waals surface area contributed by atoms with Crippen LogP contribution in [0.5, 0.6) is 0 Å². The van der Waals surface area contributed by atoms with Gasteiger partial charge in [-0.05, 0) is 60.9 Å². The predicted octanol–water partition coefficient (Wildman–Crippen LogP) is 5.23. The molecule has 22 heavy (non-hydrogen) atoms. The van der Waals surface area contributed by atoms with Crippen LogP contribution in [0.1, 0.15) is 65.1 Å². The summed E-state index contributed by atoms with van der Waals surface area (Å²) in [4.78, 5) is 15.9. The summed E-state index contributed by atoms with van der Waals surface area (Å²) in [7, 11) is 0. The van der Waals surface area contributed by atoms with Gasteiger partial charge in [0.25, 0.3) is 0 Å². The molecule has 1 fully saturated rings. The van der Waals surface area contributed by atoms with Crippen LogP contribution >= 0.6 is 0 Å². The van der Waals surface area contributed by atoms with Crippen LogP contribution in [0.25, 0.3) is 11.1 Å². The minimum atomic E-state index is 0.623. The van der Waals surface area contributed by atoms with Crippen molar-refractivity contribution in [2.45, 2.75) is 51.9 Å². The van der Waals surface area contributed by atoms with E-state index in [-0.39, 0.29) is 0 Å². The Morgan fingerprint density at radius 3 is 2.55 bits per heavy atom. The summed E-state index contributed by atoms with van der Waals surface area (Å²) >= 11 is 0. The number of carbonyl (C=O) groups excluding carboxylic acids is 1. The van der Waals surface area contributed by atoms with E-state index in [0.717, 1.165) is 28.5 Å². The highest BCUT2D eigenvalue weighted by Gasteiger charge is 2.17. The molecule has 114 valence electrons. The number of rotatable bonds is 3. The third-order valence-corrected chi connectivity index (χ3v) is 5.04. The SMILES string of the molecule is Cc1cncc(-c2ccc(C3CCCCC3)cc2C=O)c1C. The molecule has 0 radical (unpaired) electrons. The van der Waals surface area contributed by atoms with Gasteiger partial charge in [0.05, 0.1) is 0 Å². The smallest absolute Gasteiger partial charge is 0.150 e. The minimum absolute atomic E-state index is 0.623. The van der Waals surface area contributed by atoms with E-state index in [0.29, 0.717) is 5.92 Å². The van der Waals surface area contributed by atoms with E-state index in [4.69, 9.17) is 0 Å². The van der Waals surface area contributed by atoms with Gasteiger partial charge in [0, 0.05) is 23.5 Å². The molecule has 3 rings (SSSR count). The zero-order chi connectivity index (χ0) is 15.5. The van der Waals surface area contributed by atoms with Crippen molar-refractivity contribution in [3.05, 3.63) is 52.8 Å². The van der Waals surface area contributed by atoms with Crippen molar-refractivity contribution < 1.29 is 4.79 Å². The number of aryl methyl sites for hydroxylation is 1. The monoisotopic (exact) mass is 293 g/mol. The van der Waals surface area contributed by atoms with Gasteiger partial charge in [-0.25, -0.2) is 0 Å². The van der Waals surface area contributed by atoms with Crippen LogP contribution in [0.2, 0.25) is 0 Å². The number of carbonyl (C=O) groups is 1. The number of benzene rings is 1. The molecule has 0 amide bonds. The largest absolute Gasteiger partial charge is 0.298 e. The fourth-order valence-electron chi connectivity index (χ4n) is 3.52. The number of pyridine rings is 1. The first kappa shape index (κ1) is 15.0. The van der Waals surface area contributed by atoms with E-state index < -0.39 is 0 Å². The van der Waals surface area contributed by atoms with Gasteiger partial charge in [0.15, 0.2) is 6.29 Å². The first-order valence-corrected chi connectivity index (χ1v) is 8.21. The molecule has 2 nitrogen and oxygen atoms in total. The highest BCUT2D eigenvalue weighted by atomic mass is 16.1. The van der Waals surface area contributed by atoms with Gasteiger partial charge in [-0.15, -0.1) is 0 Å². The van der Waals surface area contributed by atoms with E-state index in [1.54, 1.807) is 0 Å². The van der Waals surface area contributed by atoms with Crippen molar-refractivity contribution in [3.8, 4) is 11.1 Å². The van der Waals surface area contributed by atoms with Crippen molar-refractivity contribution in [1.29, 1.82) is 0 Å². The summed E-state index contributed by atoms with van der Waals surface area (Å²) in [5, 5.41) is 0. The molecule has 2 heteroatoms. The number of nitrogens with zero attached hydrogens (tertiary/aromatic N) is 1. The van der Waals surface area contributed by atoms with Gasteiger partial charge in [-0.3, -0.25) is 9.78 Å². The highest BCUT2D eigenvalue weighted by Crippen LogP contribution is 2.35. The van der Waals surface area contributed by atoms with Gasteiger partial charge >= 0.3 is 0 Å². The van der Waals surface area contributed by atoms with E-state index in [1.165, 1.54) is 43.2 Å². The molecule has 0 unspecified atom stereocenters. The third-order valence-electron chi connectivity index (χ3n) is 5.04.